The number of ether oxygens (including phenoxy) is 2. The van der Waals surface area contributed by atoms with Crippen molar-refractivity contribution in [3.8, 4) is 16.5 Å². The zero-order chi connectivity index (χ0) is 51.0. The molecule has 2 aliphatic rings. The first-order chi connectivity index (χ1) is 33.1. The fourth-order valence-electron chi connectivity index (χ4n) is 8.26. The molecule has 15 nitrogen and oxygen atoms in total. The molecule has 20 heteroatoms. The molecule has 70 heavy (non-hydrogen) atoms. The van der Waals surface area contributed by atoms with Crippen LogP contribution in [0.3, 0.4) is 0 Å². The molecule has 4 aromatic rings. The molecule has 2 aliphatic heterocycles. The summed E-state index contributed by atoms with van der Waals surface area (Å²) in [6.07, 6.45) is -3.49. The Balaban J connectivity index is 0.867. The van der Waals surface area contributed by atoms with Gasteiger partial charge in [0.15, 0.2) is 5.11 Å². The van der Waals surface area contributed by atoms with Crippen LogP contribution in [-0.4, -0.2) is 107 Å². The van der Waals surface area contributed by atoms with Crippen molar-refractivity contribution in [2.45, 2.75) is 104 Å². The number of hydrogen-bond donors (Lipinski definition) is 4. The van der Waals surface area contributed by atoms with E-state index in [1.807, 2.05) is 64.1 Å². The summed E-state index contributed by atoms with van der Waals surface area (Å²) in [5.41, 5.74) is 2.37. The lowest BCUT2D eigenvalue weighted by molar-refractivity contribution is -0.144. The first-order valence-electron chi connectivity index (χ1n) is 23.0. The van der Waals surface area contributed by atoms with Crippen LogP contribution < -0.4 is 25.8 Å². The third-order valence-electron chi connectivity index (χ3n) is 12.0. The summed E-state index contributed by atoms with van der Waals surface area (Å²) < 4.78 is 52.5. The van der Waals surface area contributed by atoms with Crippen LogP contribution in [0.25, 0.3) is 10.4 Å². The number of thiazole rings is 1. The molecule has 0 aliphatic carbocycles. The monoisotopic (exact) mass is 1000 g/mol. The van der Waals surface area contributed by atoms with E-state index in [1.54, 1.807) is 53.8 Å². The highest BCUT2D eigenvalue weighted by Gasteiger charge is 2.51. The van der Waals surface area contributed by atoms with E-state index in [4.69, 9.17) is 21.7 Å². The molecular formula is C50H59F3N8O7S2. The van der Waals surface area contributed by atoms with Crippen LogP contribution in [-0.2, 0) is 41.4 Å². The zero-order valence-electron chi connectivity index (χ0n) is 40.0. The second kappa shape index (κ2) is 22.8. The van der Waals surface area contributed by atoms with Gasteiger partial charge in [-0.2, -0.15) is 18.4 Å². The van der Waals surface area contributed by atoms with Gasteiger partial charge in [0.1, 0.15) is 24.2 Å². The number of aryl methyl sites for hydroxylation is 1. The summed E-state index contributed by atoms with van der Waals surface area (Å²) in [6, 6.07) is 17.8. The van der Waals surface area contributed by atoms with Crippen LogP contribution in [0.4, 0.5) is 30.2 Å². The van der Waals surface area contributed by atoms with Crippen molar-refractivity contribution in [3.63, 3.8) is 0 Å². The van der Waals surface area contributed by atoms with Gasteiger partial charge in [0, 0.05) is 57.3 Å². The predicted octanol–water partition coefficient (Wildman–Crippen LogP) is 7.35. The van der Waals surface area contributed by atoms with Crippen molar-refractivity contribution in [2.75, 3.05) is 54.6 Å². The number of unbranched alkanes of at least 4 members (excludes halogenated alkanes) is 1. The predicted molar refractivity (Wildman–Crippen MR) is 265 cm³/mol. The molecule has 6 rings (SSSR count). The highest BCUT2D eigenvalue weighted by Crippen LogP contribution is 2.40. The summed E-state index contributed by atoms with van der Waals surface area (Å²) in [7, 11) is 0. The number of β-amino-alcohol motifs (C(OH)–C–C–N with tert-alkyl or cyclic N) is 1. The first-order valence-corrected chi connectivity index (χ1v) is 24.2. The Labute approximate surface area is 415 Å². The van der Waals surface area contributed by atoms with Gasteiger partial charge in [0.05, 0.1) is 45.1 Å². The van der Waals surface area contributed by atoms with Crippen molar-refractivity contribution in [3.05, 3.63) is 94.6 Å². The number of thiocarbonyl (C=S) groups is 1. The van der Waals surface area contributed by atoms with Gasteiger partial charge >= 0.3 is 6.18 Å². The Bertz CT molecular complexity index is 2560. The van der Waals surface area contributed by atoms with Crippen LogP contribution in [0.1, 0.15) is 82.7 Å². The van der Waals surface area contributed by atoms with Crippen molar-refractivity contribution < 1.29 is 46.9 Å². The van der Waals surface area contributed by atoms with Gasteiger partial charge in [-0.15, -0.1) is 11.3 Å². The number of rotatable bonds is 20. The number of nitrogens with zero attached hydrogens (tertiary/aromatic N) is 5. The number of benzene rings is 3. The number of likely N-dealkylation sites (tertiary alicyclic amines) is 1. The zero-order valence-corrected chi connectivity index (χ0v) is 41.7. The van der Waals surface area contributed by atoms with Crippen LogP contribution >= 0.6 is 23.6 Å². The third-order valence-corrected chi connectivity index (χ3v) is 13.4. The number of nitrogens with one attached hydrogen (secondary N) is 3. The van der Waals surface area contributed by atoms with E-state index in [-0.39, 0.29) is 49.4 Å². The molecule has 4 N–H and O–H groups in total. The third kappa shape index (κ3) is 12.9. The minimum atomic E-state index is -4.80. The quantitative estimate of drug-likeness (QED) is 0.0510. The minimum Gasteiger partial charge on any atom is -0.391 e. The molecule has 4 amide bonds. The fraction of sp³-hybridized carbons (Fsp3) is 0.460. The first kappa shape index (κ1) is 53.4. The number of nitriles is 1. The van der Waals surface area contributed by atoms with Crippen molar-refractivity contribution in [1.82, 2.24) is 20.5 Å². The average Bonchev–Trinajstić information content (AvgIpc) is 3.98. The molecule has 2 saturated heterocycles. The lowest BCUT2D eigenvalue weighted by atomic mass is 9.85. The second-order valence-corrected chi connectivity index (χ2v) is 20.0. The summed E-state index contributed by atoms with van der Waals surface area (Å²) in [5, 5.41) is 28.8. The van der Waals surface area contributed by atoms with Gasteiger partial charge in [-0.1, -0.05) is 45.0 Å². The van der Waals surface area contributed by atoms with E-state index in [1.165, 1.54) is 11.0 Å². The molecule has 1 unspecified atom stereocenters. The number of aliphatic hydroxyl groups is 1. The number of aliphatic hydroxyl groups excluding tert-OH is 1. The molecule has 0 bridgehead atoms. The Morgan fingerprint density at radius 3 is 2.30 bits per heavy atom. The van der Waals surface area contributed by atoms with E-state index in [2.05, 4.69) is 20.9 Å². The van der Waals surface area contributed by atoms with E-state index in [0.29, 0.717) is 31.9 Å². The van der Waals surface area contributed by atoms with E-state index in [0.717, 1.165) is 57.3 Å². The topological polar surface area (TPSA) is 189 Å². The maximum atomic E-state index is 13.9. The van der Waals surface area contributed by atoms with Gasteiger partial charge in [0.25, 0.3) is 5.91 Å². The Kier molecular flexibility index (Phi) is 17.4. The molecule has 0 spiro atoms. The summed E-state index contributed by atoms with van der Waals surface area (Å²) in [4.78, 5) is 63.3. The van der Waals surface area contributed by atoms with E-state index in [9.17, 15) is 42.7 Å². The Morgan fingerprint density at radius 2 is 1.66 bits per heavy atom. The fourth-order valence-corrected chi connectivity index (χ4v) is 9.60. The molecule has 3 aromatic carbocycles. The molecule has 1 aromatic heterocycles. The largest absolute Gasteiger partial charge is 0.417 e. The number of carbonyl (C=O) groups is 4. The van der Waals surface area contributed by atoms with Gasteiger partial charge in [-0.25, -0.2) is 4.98 Å². The van der Waals surface area contributed by atoms with Gasteiger partial charge in [-0.05, 0) is 111 Å². The Morgan fingerprint density at radius 1 is 0.986 bits per heavy atom. The highest BCUT2D eigenvalue weighted by atomic mass is 32.1. The Hall–Kier alpha value is -5.98. The molecular weight excluding hydrogens is 946 g/mol. The number of alkyl halides is 3. The maximum absolute atomic E-state index is 13.9. The number of aromatic nitrogens is 1. The second-order valence-electron chi connectivity index (χ2n) is 18.8. The molecule has 0 radical (unpaired) electrons. The van der Waals surface area contributed by atoms with Gasteiger partial charge in [0.2, 0.25) is 17.7 Å². The summed E-state index contributed by atoms with van der Waals surface area (Å²) >= 11 is 7.20. The van der Waals surface area contributed by atoms with Crippen molar-refractivity contribution in [1.29, 1.82) is 5.26 Å². The summed E-state index contributed by atoms with van der Waals surface area (Å²) in [5.74, 6) is -1.83. The van der Waals surface area contributed by atoms with E-state index >= 15 is 0 Å². The number of amides is 4. The van der Waals surface area contributed by atoms with Crippen molar-refractivity contribution in [2.24, 2.45) is 5.41 Å². The van der Waals surface area contributed by atoms with Crippen LogP contribution in [0.15, 0.2) is 72.2 Å². The van der Waals surface area contributed by atoms with Crippen LogP contribution in [0, 0.1) is 23.7 Å². The number of halogens is 3. The average molecular weight is 1010 g/mol. The number of carbonyl (C=O) groups excluding carboxylic acids is 4. The van der Waals surface area contributed by atoms with Gasteiger partial charge < -0.3 is 40.3 Å². The van der Waals surface area contributed by atoms with Crippen LogP contribution in [0.5, 0.6) is 0 Å². The highest BCUT2D eigenvalue weighted by molar-refractivity contribution is 7.81. The maximum Gasteiger partial charge on any atom is 0.417 e. The standard InChI is InChI=1S/C50H59F3N8O7S2/c1-31-42(70-30-57-31)33-12-10-32(11-13-33)27-56-44(64)40-25-38(62)28-59(40)45(65)43(48(2,3)4)58-41(63)29-68-23-9-22-67-21-8-7-20-55-35-15-18-36(19-16-35)61-47(69)60(46(66)49(61,5)6)37-17-14-34(26-54)39(24-37)50(51,52)53/h10-19,24,30,38,40,43,55,62H,7-9,20-23,25,27-29H2,1-6H3,(H,56,64)(H,58,63)/t38-,40+,43?/m1/s1. The molecule has 2 fully saturated rings. The lowest BCUT2D eigenvalue weighted by Crippen LogP contribution is -2.58. The van der Waals surface area contributed by atoms with Crippen molar-refractivity contribution >= 4 is 69.4 Å². The normalized spacial score (nSPS) is 17.4. The van der Waals surface area contributed by atoms with Crippen LogP contribution in [0.2, 0.25) is 0 Å². The number of hydrogen-bond acceptors (Lipinski definition) is 12. The lowest BCUT2D eigenvalue weighted by Gasteiger charge is -2.35. The molecule has 374 valence electrons. The SMILES string of the molecule is Cc1ncsc1-c1ccc(CNC(=O)[C@@H]2C[C@@H](O)CN2C(=O)C(NC(=O)COCCCOCCCCNc2ccc(N3C(=S)N(c4ccc(C#N)c(C(F)(F)F)c4)C(=O)C3(C)C)cc2)C(C)(C)C)cc1. The molecule has 3 heterocycles. The molecule has 0 saturated carbocycles. The minimum absolute atomic E-state index is 0.0136. The smallest absolute Gasteiger partial charge is 0.391 e. The molecule has 3 atom stereocenters. The van der Waals surface area contributed by atoms with Gasteiger partial charge in [-0.3, -0.25) is 24.1 Å². The van der Waals surface area contributed by atoms with E-state index < -0.39 is 64.2 Å². The number of anilines is 3. The summed E-state index contributed by atoms with van der Waals surface area (Å²) in [6.45, 7) is 12.5.